The molecule has 4 bridgehead atoms. The second-order valence-electron chi connectivity index (χ2n) is 12.0. The van der Waals surface area contributed by atoms with E-state index in [0.717, 1.165) is 60.2 Å². The first-order valence-corrected chi connectivity index (χ1v) is 15.2. The first-order valence-electron chi connectivity index (χ1n) is 14.4. The Morgan fingerprint density at radius 3 is 2.21 bits per heavy atom. The van der Waals surface area contributed by atoms with E-state index >= 15 is 0 Å². The van der Waals surface area contributed by atoms with Gasteiger partial charge in [0.15, 0.2) is 16.8 Å². The standard InChI is InChI=1S/C32H39N3O2S/c1-4-23-10-12-28(13-11-23)37-20-29-33-34-31(35(29)21(2)27-8-6-5-7-9-27)38-22(3)30(36)32-17-24-14-25(18-32)16-26(15-24)19-32/h5-13,21-22,24-26H,4,14-20H2,1-3H3/t21-,22-,24?,25?,26?,32?/m1/s1. The molecule has 5 nitrogen and oxygen atoms in total. The second-order valence-corrected chi connectivity index (χ2v) is 13.3. The van der Waals surface area contributed by atoms with Crippen LogP contribution in [0.1, 0.15) is 82.3 Å². The Hall–Kier alpha value is -2.60. The Balaban J connectivity index is 1.24. The average Bonchev–Trinajstić information content (AvgIpc) is 3.33. The van der Waals surface area contributed by atoms with Crippen molar-refractivity contribution in [1.82, 2.24) is 14.8 Å². The van der Waals surface area contributed by atoms with Gasteiger partial charge in [0.2, 0.25) is 0 Å². The van der Waals surface area contributed by atoms with Crippen LogP contribution < -0.4 is 4.74 Å². The summed E-state index contributed by atoms with van der Waals surface area (Å²) in [6.07, 6.45) is 8.36. The van der Waals surface area contributed by atoms with Gasteiger partial charge in [0.1, 0.15) is 12.4 Å². The molecule has 0 radical (unpaired) electrons. The average molecular weight is 530 g/mol. The molecule has 0 aliphatic heterocycles. The molecule has 38 heavy (non-hydrogen) atoms. The number of aryl methyl sites for hydroxylation is 1. The fraction of sp³-hybridized carbons (Fsp3) is 0.531. The molecule has 0 saturated heterocycles. The normalized spacial score (nSPS) is 27.3. The molecule has 4 aliphatic carbocycles. The predicted octanol–water partition coefficient (Wildman–Crippen LogP) is 7.29. The fourth-order valence-corrected chi connectivity index (χ4v) is 8.92. The van der Waals surface area contributed by atoms with Crippen LogP contribution in [0.25, 0.3) is 0 Å². The van der Waals surface area contributed by atoms with Crippen molar-refractivity contribution in [3.63, 3.8) is 0 Å². The van der Waals surface area contributed by atoms with Crippen molar-refractivity contribution in [1.29, 1.82) is 0 Å². The third-order valence-electron chi connectivity index (χ3n) is 9.32. The smallest absolute Gasteiger partial charge is 0.192 e. The van der Waals surface area contributed by atoms with Gasteiger partial charge in [-0.15, -0.1) is 10.2 Å². The van der Waals surface area contributed by atoms with Crippen LogP contribution in [0.2, 0.25) is 0 Å². The van der Waals surface area contributed by atoms with Crippen molar-refractivity contribution in [3.8, 4) is 5.75 Å². The number of benzene rings is 2. The fourth-order valence-electron chi connectivity index (χ4n) is 7.78. The van der Waals surface area contributed by atoms with Crippen LogP contribution in [0.3, 0.4) is 0 Å². The molecular weight excluding hydrogens is 490 g/mol. The van der Waals surface area contributed by atoms with Crippen LogP contribution in [-0.4, -0.2) is 25.8 Å². The minimum Gasteiger partial charge on any atom is -0.486 e. The number of thioether (sulfide) groups is 1. The number of carbonyl (C=O) groups is 1. The highest BCUT2D eigenvalue weighted by Crippen LogP contribution is 2.61. The number of nitrogens with zero attached hydrogens (tertiary/aromatic N) is 3. The van der Waals surface area contributed by atoms with E-state index in [1.54, 1.807) is 11.8 Å². The Kier molecular flexibility index (Phi) is 7.10. The molecule has 1 heterocycles. The van der Waals surface area contributed by atoms with Gasteiger partial charge in [0.25, 0.3) is 0 Å². The van der Waals surface area contributed by atoms with Gasteiger partial charge in [-0.05, 0) is 99.8 Å². The van der Waals surface area contributed by atoms with E-state index in [1.165, 1.54) is 30.4 Å². The third-order valence-corrected chi connectivity index (χ3v) is 10.4. The van der Waals surface area contributed by atoms with E-state index in [1.807, 2.05) is 18.2 Å². The summed E-state index contributed by atoms with van der Waals surface area (Å²) in [5, 5.41) is 9.84. The zero-order valence-electron chi connectivity index (χ0n) is 22.8. The summed E-state index contributed by atoms with van der Waals surface area (Å²) in [5.41, 5.74) is 2.37. The lowest BCUT2D eigenvalue weighted by Crippen LogP contribution is -2.51. The van der Waals surface area contributed by atoms with E-state index in [4.69, 9.17) is 4.74 Å². The molecule has 3 aromatic rings. The minimum atomic E-state index is -0.146. The SMILES string of the molecule is CCc1ccc(OCc2nnc(S[C@H](C)C(=O)C34CC5CC(CC(C5)C3)C4)n2[C@H](C)c2ccccc2)cc1. The molecule has 4 fully saturated rings. The molecule has 7 rings (SSSR count). The lowest BCUT2D eigenvalue weighted by Gasteiger charge is -2.56. The van der Waals surface area contributed by atoms with Gasteiger partial charge in [-0.3, -0.25) is 9.36 Å². The van der Waals surface area contributed by atoms with E-state index in [0.29, 0.717) is 12.4 Å². The van der Waals surface area contributed by atoms with E-state index in [2.05, 4.69) is 71.9 Å². The van der Waals surface area contributed by atoms with E-state index in [9.17, 15) is 4.79 Å². The first-order chi connectivity index (χ1) is 18.4. The molecule has 6 heteroatoms. The van der Waals surface area contributed by atoms with Crippen molar-refractivity contribution in [2.45, 2.75) is 88.8 Å². The van der Waals surface area contributed by atoms with Gasteiger partial charge in [0, 0.05) is 5.41 Å². The van der Waals surface area contributed by atoms with Crippen LogP contribution >= 0.6 is 11.8 Å². The highest BCUT2D eigenvalue weighted by molar-refractivity contribution is 8.00. The van der Waals surface area contributed by atoms with Crippen molar-refractivity contribution in [2.24, 2.45) is 23.2 Å². The van der Waals surface area contributed by atoms with Crippen molar-refractivity contribution < 1.29 is 9.53 Å². The maximum atomic E-state index is 14.0. The number of aromatic nitrogens is 3. The maximum Gasteiger partial charge on any atom is 0.192 e. The summed E-state index contributed by atoms with van der Waals surface area (Å²) in [6.45, 7) is 6.74. The third kappa shape index (κ3) is 4.92. The zero-order chi connectivity index (χ0) is 26.3. The molecular formula is C32H39N3O2S. The molecule has 2 atom stereocenters. The Morgan fingerprint density at radius 1 is 0.974 bits per heavy atom. The van der Waals surface area contributed by atoms with Crippen molar-refractivity contribution >= 4 is 17.5 Å². The van der Waals surface area contributed by atoms with Crippen LogP contribution in [0.4, 0.5) is 0 Å². The van der Waals surface area contributed by atoms with Gasteiger partial charge in [-0.1, -0.05) is 61.2 Å². The number of hydrogen-bond acceptors (Lipinski definition) is 5. The van der Waals surface area contributed by atoms with Crippen LogP contribution in [-0.2, 0) is 17.8 Å². The number of rotatable bonds is 10. The molecule has 0 amide bonds. The topological polar surface area (TPSA) is 57.0 Å². The molecule has 4 saturated carbocycles. The predicted molar refractivity (Wildman–Crippen MR) is 151 cm³/mol. The lowest BCUT2D eigenvalue weighted by molar-refractivity contribution is -0.143. The van der Waals surface area contributed by atoms with Crippen LogP contribution in [0.15, 0.2) is 59.8 Å². The summed E-state index contributed by atoms with van der Waals surface area (Å²) in [7, 11) is 0. The highest BCUT2D eigenvalue weighted by Gasteiger charge is 2.55. The summed E-state index contributed by atoms with van der Waals surface area (Å²) < 4.78 is 8.32. The molecule has 0 unspecified atom stereocenters. The zero-order valence-corrected chi connectivity index (χ0v) is 23.6. The molecule has 200 valence electrons. The number of carbonyl (C=O) groups excluding carboxylic acids is 1. The van der Waals surface area contributed by atoms with Gasteiger partial charge < -0.3 is 4.74 Å². The molecule has 1 aromatic heterocycles. The first kappa shape index (κ1) is 25.7. The van der Waals surface area contributed by atoms with Gasteiger partial charge in [0.05, 0.1) is 11.3 Å². The quantitative estimate of drug-likeness (QED) is 0.258. The number of ketones is 1. The van der Waals surface area contributed by atoms with Gasteiger partial charge >= 0.3 is 0 Å². The molecule has 4 aliphatic rings. The summed E-state index contributed by atoms with van der Waals surface area (Å²) in [5.74, 6) is 4.33. The van der Waals surface area contributed by atoms with Gasteiger partial charge in [-0.2, -0.15) is 0 Å². The van der Waals surface area contributed by atoms with E-state index < -0.39 is 0 Å². The maximum absolute atomic E-state index is 14.0. The second kappa shape index (κ2) is 10.5. The minimum absolute atomic E-state index is 0.0246. The van der Waals surface area contributed by atoms with Crippen LogP contribution in [0.5, 0.6) is 5.75 Å². The number of hydrogen-bond donors (Lipinski definition) is 0. The molecule has 0 spiro atoms. The number of ether oxygens (including phenoxy) is 1. The Labute approximate surface area is 230 Å². The van der Waals surface area contributed by atoms with Crippen molar-refractivity contribution in [3.05, 3.63) is 71.5 Å². The van der Waals surface area contributed by atoms with Gasteiger partial charge in [-0.25, -0.2) is 0 Å². The largest absolute Gasteiger partial charge is 0.486 e. The monoisotopic (exact) mass is 529 g/mol. The van der Waals surface area contributed by atoms with Crippen LogP contribution in [0, 0.1) is 23.2 Å². The summed E-state index contributed by atoms with van der Waals surface area (Å²) in [4.78, 5) is 14.0. The summed E-state index contributed by atoms with van der Waals surface area (Å²) in [6, 6.07) is 18.7. The van der Waals surface area contributed by atoms with Crippen molar-refractivity contribution in [2.75, 3.05) is 0 Å². The van der Waals surface area contributed by atoms with E-state index in [-0.39, 0.29) is 16.7 Å². The summed E-state index contributed by atoms with van der Waals surface area (Å²) >= 11 is 1.58. The Bertz CT molecular complexity index is 1230. The Morgan fingerprint density at radius 2 is 1.61 bits per heavy atom. The lowest BCUT2D eigenvalue weighted by atomic mass is 9.48. The molecule has 2 aromatic carbocycles. The highest BCUT2D eigenvalue weighted by atomic mass is 32.2. The molecule has 0 N–H and O–H groups in total. The number of Topliss-reactive ketones (excluding diaryl/α,β-unsaturated/α-hetero) is 1.